The molecule has 0 spiro atoms. The molecule has 1 saturated carbocycles. The summed E-state index contributed by atoms with van der Waals surface area (Å²) < 4.78 is 3.86. The van der Waals surface area contributed by atoms with E-state index in [0.29, 0.717) is 23.1 Å². The number of nitrogens with zero attached hydrogens (tertiary/aromatic N) is 6. The van der Waals surface area contributed by atoms with E-state index in [2.05, 4.69) is 20.2 Å². The molecule has 1 aromatic carbocycles. The number of pyridine rings is 1. The van der Waals surface area contributed by atoms with Crippen LogP contribution in [0.2, 0.25) is 0 Å². The van der Waals surface area contributed by atoms with Crippen LogP contribution in [0.15, 0.2) is 49.2 Å². The SMILES string of the molecule is Cc1cc(O)c(C(=O)Cc2cccc(-c3nncn3C(C)C)n2)cc1-n1cnc(C2CC2)c1. The van der Waals surface area contributed by atoms with E-state index in [1.807, 2.05) is 48.2 Å². The summed E-state index contributed by atoms with van der Waals surface area (Å²) in [6.07, 6.45) is 7.88. The van der Waals surface area contributed by atoms with Crippen molar-refractivity contribution >= 4 is 5.78 Å². The first-order valence-corrected chi connectivity index (χ1v) is 11.2. The quantitative estimate of drug-likeness (QED) is 0.425. The van der Waals surface area contributed by atoms with Gasteiger partial charge in [-0.1, -0.05) is 6.07 Å². The summed E-state index contributed by atoms with van der Waals surface area (Å²) in [6.45, 7) is 6.01. The molecule has 0 bridgehead atoms. The molecule has 1 fully saturated rings. The fraction of sp³-hybridized carbons (Fsp3) is 0.320. The van der Waals surface area contributed by atoms with E-state index in [9.17, 15) is 9.90 Å². The third kappa shape index (κ3) is 4.16. The van der Waals surface area contributed by atoms with Gasteiger partial charge in [-0.05, 0) is 63.4 Å². The third-order valence-electron chi connectivity index (χ3n) is 6.00. The van der Waals surface area contributed by atoms with E-state index in [1.54, 1.807) is 30.9 Å². The van der Waals surface area contributed by atoms with E-state index >= 15 is 0 Å². The van der Waals surface area contributed by atoms with Gasteiger partial charge < -0.3 is 14.2 Å². The van der Waals surface area contributed by atoms with Gasteiger partial charge in [0.15, 0.2) is 11.6 Å². The van der Waals surface area contributed by atoms with Gasteiger partial charge in [0.1, 0.15) is 17.8 Å². The summed E-state index contributed by atoms with van der Waals surface area (Å²) in [5, 5.41) is 18.7. The maximum atomic E-state index is 13.2. The summed E-state index contributed by atoms with van der Waals surface area (Å²) in [5.74, 6) is 0.974. The number of carbonyl (C=O) groups is 1. The van der Waals surface area contributed by atoms with Crippen LogP contribution in [-0.4, -0.2) is 40.2 Å². The minimum Gasteiger partial charge on any atom is -0.507 e. The molecule has 4 aromatic rings. The van der Waals surface area contributed by atoms with Gasteiger partial charge in [0.2, 0.25) is 0 Å². The number of Topliss-reactive ketones (excluding diaryl/α,β-unsaturated/α-hetero) is 1. The maximum Gasteiger partial charge on any atom is 0.182 e. The Morgan fingerprint density at radius 1 is 1.21 bits per heavy atom. The summed E-state index contributed by atoms with van der Waals surface area (Å²) in [5.41, 5.74) is 4.32. The zero-order valence-corrected chi connectivity index (χ0v) is 18.9. The lowest BCUT2D eigenvalue weighted by atomic mass is 10.0. The highest BCUT2D eigenvalue weighted by molar-refractivity contribution is 6.00. The minimum atomic E-state index is -0.203. The van der Waals surface area contributed by atoms with Crippen LogP contribution < -0.4 is 0 Å². The van der Waals surface area contributed by atoms with Crippen molar-refractivity contribution in [2.75, 3.05) is 0 Å². The van der Waals surface area contributed by atoms with Crippen molar-refractivity contribution in [2.24, 2.45) is 0 Å². The number of hydrogen-bond donors (Lipinski definition) is 1. The molecule has 8 nitrogen and oxygen atoms in total. The minimum absolute atomic E-state index is 0.0283. The molecule has 0 amide bonds. The first-order chi connectivity index (χ1) is 15.9. The highest BCUT2D eigenvalue weighted by atomic mass is 16.3. The van der Waals surface area contributed by atoms with Crippen LogP contribution in [0, 0.1) is 6.92 Å². The summed E-state index contributed by atoms with van der Waals surface area (Å²) in [4.78, 5) is 22.3. The Morgan fingerprint density at radius 3 is 2.79 bits per heavy atom. The van der Waals surface area contributed by atoms with Crippen LogP contribution in [0.1, 0.15) is 66.0 Å². The molecule has 0 unspecified atom stereocenters. The van der Waals surface area contributed by atoms with Crippen molar-refractivity contribution in [1.29, 1.82) is 0 Å². The van der Waals surface area contributed by atoms with Crippen LogP contribution >= 0.6 is 0 Å². The topological polar surface area (TPSA) is 98.7 Å². The van der Waals surface area contributed by atoms with E-state index in [1.165, 1.54) is 12.8 Å². The lowest BCUT2D eigenvalue weighted by molar-refractivity contribution is 0.0989. The molecular formula is C25H26N6O2. The van der Waals surface area contributed by atoms with E-state index < -0.39 is 0 Å². The number of aromatic hydroxyl groups is 1. The lowest BCUT2D eigenvalue weighted by Crippen LogP contribution is -2.09. The largest absolute Gasteiger partial charge is 0.507 e. The normalized spacial score (nSPS) is 13.6. The molecule has 0 atom stereocenters. The Balaban J connectivity index is 1.42. The van der Waals surface area contributed by atoms with Gasteiger partial charge in [-0.2, -0.15) is 0 Å². The molecule has 8 heteroatoms. The standard InChI is InChI=1S/C25H26N6O2/c1-15(2)31-14-27-29-25(31)20-6-4-5-18(28-20)10-24(33)19-11-22(16(3)9-23(19)32)30-12-21(26-13-30)17-7-8-17/h4-6,9,11-15,17,32H,7-8,10H2,1-3H3. The van der Waals surface area contributed by atoms with Crippen molar-refractivity contribution < 1.29 is 9.90 Å². The van der Waals surface area contributed by atoms with Crippen LogP contribution in [0.25, 0.3) is 17.2 Å². The first-order valence-electron chi connectivity index (χ1n) is 11.2. The molecule has 1 N–H and O–H groups in total. The van der Waals surface area contributed by atoms with Crippen molar-refractivity contribution in [1.82, 2.24) is 29.3 Å². The molecule has 33 heavy (non-hydrogen) atoms. The van der Waals surface area contributed by atoms with E-state index in [-0.39, 0.29) is 29.6 Å². The van der Waals surface area contributed by atoms with Crippen LogP contribution in [0.3, 0.4) is 0 Å². The predicted octanol–water partition coefficient (Wildman–Crippen LogP) is 4.42. The number of hydrogen-bond acceptors (Lipinski definition) is 6. The maximum absolute atomic E-state index is 13.2. The number of imidazole rings is 1. The number of carbonyl (C=O) groups excluding carboxylic acids is 1. The summed E-state index contributed by atoms with van der Waals surface area (Å²) in [6, 6.07) is 9.08. The second kappa shape index (κ2) is 8.27. The monoisotopic (exact) mass is 442 g/mol. The van der Waals surface area contributed by atoms with Crippen molar-refractivity contribution in [3.63, 3.8) is 0 Å². The Hall–Kier alpha value is -3.81. The smallest absolute Gasteiger partial charge is 0.182 e. The number of ketones is 1. The van der Waals surface area contributed by atoms with Gasteiger partial charge in [-0.3, -0.25) is 4.79 Å². The third-order valence-corrected chi connectivity index (χ3v) is 6.00. The molecule has 1 aliphatic carbocycles. The Labute approximate surface area is 192 Å². The molecule has 168 valence electrons. The van der Waals surface area contributed by atoms with Gasteiger partial charge in [-0.15, -0.1) is 10.2 Å². The molecule has 3 heterocycles. The molecule has 0 saturated heterocycles. The Morgan fingerprint density at radius 2 is 2.03 bits per heavy atom. The van der Waals surface area contributed by atoms with Gasteiger partial charge in [0, 0.05) is 23.9 Å². The average Bonchev–Trinajstić information content (AvgIpc) is 3.31. The highest BCUT2D eigenvalue weighted by Gasteiger charge is 2.26. The molecule has 5 rings (SSSR count). The second-order valence-corrected chi connectivity index (χ2v) is 8.91. The van der Waals surface area contributed by atoms with Gasteiger partial charge in [0.25, 0.3) is 0 Å². The van der Waals surface area contributed by atoms with Crippen molar-refractivity contribution in [2.45, 2.75) is 52.0 Å². The number of aryl methyl sites for hydroxylation is 1. The summed E-state index contributed by atoms with van der Waals surface area (Å²) in [7, 11) is 0. The van der Waals surface area contributed by atoms with E-state index in [0.717, 1.165) is 16.9 Å². The van der Waals surface area contributed by atoms with Gasteiger partial charge in [-0.25, -0.2) is 9.97 Å². The number of rotatable bonds is 7. The Bertz CT molecular complexity index is 1330. The van der Waals surface area contributed by atoms with Crippen molar-refractivity contribution in [3.05, 3.63) is 71.7 Å². The zero-order valence-electron chi connectivity index (χ0n) is 18.9. The number of phenolic OH excluding ortho intramolecular Hbond substituents is 1. The number of benzene rings is 1. The van der Waals surface area contributed by atoms with Crippen LogP contribution in [0.4, 0.5) is 0 Å². The van der Waals surface area contributed by atoms with Gasteiger partial charge >= 0.3 is 0 Å². The average molecular weight is 443 g/mol. The Kier molecular flexibility index (Phi) is 5.28. The molecule has 1 aliphatic rings. The molecule has 0 aliphatic heterocycles. The number of aromatic nitrogens is 6. The highest BCUT2D eigenvalue weighted by Crippen LogP contribution is 2.39. The zero-order chi connectivity index (χ0) is 23.1. The van der Waals surface area contributed by atoms with Crippen LogP contribution in [-0.2, 0) is 6.42 Å². The first kappa shape index (κ1) is 21.1. The second-order valence-electron chi connectivity index (χ2n) is 8.91. The van der Waals surface area contributed by atoms with Gasteiger partial charge in [0.05, 0.1) is 29.7 Å². The fourth-order valence-electron chi connectivity index (χ4n) is 4.01. The molecular weight excluding hydrogens is 416 g/mol. The van der Waals surface area contributed by atoms with E-state index in [4.69, 9.17) is 0 Å². The lowest BCUT2D eigenvalue weighted by Gasteiger charge is -2.12. The fourth-order valence-corrected chi connectivity index (χ4v) is 4.01. The summed E-state index contributed by atoms with van der Waals surface area (Å²) >= 11 is 0. The predicted molar refractivity (Wildman–Crippen MR) is 124 cm³/mol. The van der Waals surface area contributed by atoms with Crippen molar-refractivity contribution in [3.8, 4) is 23.0 Å². The number of phenols is 1. The molecule has 0 radical (unpaired) electrons. The van der Waals surface area contributed by atoms with Crippen LogP contribution in [0.5, 0.6) is 5.75 Å². The molecule has 3 aromatic heterocycles.